The zero-order chi connectivity index (χ0) is 53.2. The summed E-state index contributed by atoms with van der Waals surface area (Å²) in [4.78, 5) is 75.2. The molecule has 0 spiro atoms. The molecular weight excluding hydrogens is 966 g/mol. The van der Waals surface area contributed by atoms with E-state index in [1.54, 1.807) is 66.6 Å². The lowest BCUT2D eigenvalue weighted by Gasteiger charge is -2.37. The first-order valence-electron chi connectivity index (χ1n) is 25.5. The van der Waals surface area contributed by atoms with Crippen molar-refractivity contribution in [1.82, 2.24) is 45.9 Å². The fourth-order valence-corrected chi connectivity index (χ4v) is 9.63. The van der Waals surface area contributed by atoms with Crippen LogP contribution >= 0.6 is 11.6 Å². The molecule has 5 aromatic carbocycles. The summed E-state index contributed by atoms with van der Waals surface area (Å²) in [5.41, 5.74) is 3.81. The van der Waals surface area contributed by atoms with Crippen molar-refractivity contribution >= 4 is 52.5 Å². The molecule has 0 aliphatic heterocycles. The summed E-state index contributed by atoms with van der Waals surface area (Å²) in [7, 11) is 0. The van der Waals surface area contributed by atoms with Crippen LogP contribution in [0.2, 0.25) is 5.02 Å². The Kier molecular flexibility index (Phi) is 17.0. The van der Waals surface area contributed by atoms with Crippen LogP contribution < -0.4 is 25.8 Å². The largest absolute Gasteiger partial charge is 0.351 e. The monoisotopic (exact) mass is 1030 g/mol. The molecule has 16 nitrogen and oxygen atoms in total. The lowest BCUT2D eigenvalue weighted by atomic mass is 9.94. The van der Waals surface area contributed by atoms with Gasteiger partial charge in [-0.25, -0.2) is 9.36 Å². The van der Waals surface area contributed by atoms with E-state index in [4.69, 9.17) is 11.6 Å². The molecule has 5 amide bonds. The highest BCUT2D eigenvalue weighted by molar-refractivity contribution is 6.30. The Morgan fingerprint density at radius 1 is 0.720 bits per heavy atom. The van der Waals surface area contributed by atoms with Crippen molar-refractivity contribution in [3.05, 3.63) is 185 Å². The third-order valence-corrected chi connectivity index (χ3v) is 13.4. The summed E-state index contributed by atoms with van der Waals surface area (Å²) in [5.74, 6) is -2.13. The zero-order valence-electron chi connectivity index (χ0n) is 43.2. The van der Waals surface area contributed by atoms with Gasteiger partial charge in [0.05, 0.1) is 24.1 Å². The standard InChI is InChI=1S/C58H64ClN11O5/c1-38(2)51(55(73)62-58(4,5)6)68(47-33-29-43(59)30-34-47)57(75)49(35-40-19-11-7-12-20-40)67-37-45(63-65-67)36-60-53(71)50-39(3)70(66-64-50)48-31-27-42(28-32-48)56(74)69(46-25-17-10-18-26-46)52(41-21-13-8-14-22-41)54(72)61-44-23-15-9-16-24-44/h7-8,10-14,17-22,25-34,37-38,44,49,51-52H,9,15-16,23-24,35-36H2,1-6H3,(H,60,71)(H,61,72)(H,62,73). The van der Waals surface area contributed by atoms with Gasteiger partial charge in [0.15, 0.2) is 5.69 Å². The molecule has 1 saturated carbocycles. The fourth-order valence-electron chi connectivity index (χ4n) is 9.50. The normalized spacial score (nSPS) is 14.1. The van der Waals surface area contributed by atoms with Gasteiger partial charge in [-0.15, -0.1) is 10.2 Å². The molecule has 2 heterocycles. The van der Waals surface area contributed by atoms with E-state index >= 15 is 4.79 Å². The average Bonchev–Trinajstić information content (AvgIpc) is 4.05. The minimum absolute atomic E-state index is 0.0380. The number of hydrogen-bond donors (Lipinski definition) is 3. The molecule has 1 aliphatic rings. The number of aromatic nitrogens is 6. The first kappa shape index (κ1) is 53.3. The predicted octanol–water partition coefficient (Wildman–Crippen LogP) is 9.34. The summed E-state index contributed by atoms with van der Waals surface area (Å²) in [6.45, 7) is 11.1. The summed E-state index contributed by atoms with van der Waals surface area (Å²) in [6.07, 6.45) is 6.87. The van der Waals surface area contributed by atoms with Crippen LogP contribution in [0.4, 0.5) is 11.4 Å². The van der Waals surface area contributed by atoms with Gasteiger partial charge in [-0.1, -0.05) is 134 Å². The van der Waals surface area contributed by atoms with Crippen molar-refractivity contribution < 1.29 is 24.0 Å². The first-order chi connectivity index (χ1) is 36.1. The van der Waals surface area contributed by atoms with Crippen LogP contribution in [-0.4, -0.2) is 77.1 Å². The molecule has 0 bridgehead atoms. The van der Waals surface area contributed by atoms with Crippen LogP contribution in [0.5, 0.6) is 0 Å². The first-order valence-corrected chi connectivity index (χ1v) is 25.8. The van der Waals surface area contributed by atoms with E-state index in [0.717, 1.165) is 37.7 Å². The van der Waals surface area contributed by atoms with E-state index in [0.29, 0.717) is 44.6 Å². The highest BCUT2D eigenvalue weighted by Crippen LogP contribution is 2.32. The van der Waals surface area contributed by atoms with Crippen LogP contribution in [0.25, 0.3) is 5.69 Å². The lowest BCUT2D eigenvalue weighted by molar-refractivity contribution is -0.129. The lowest BCUT2D eigenvalue weighted by Crippen LogP contribution is -2.57. The Morgan fingerprint density at radius 3 is 1.96 bits per heavy atom. The number of benzene rings is 5. The maximum absolute atomic E-state index is 15.2. The molecule has 1 fully saturated rings. The van der Waals surface area contributed by atoms with Gasteiger partial charge in [-0.3, -0.25) is 33.8 Å². The van der Waals surface area contributed by atoms with Crippen LogP contribution in [0.1, 0.15) is 122 Å². The SMILES string of the molecule is Cc1c(C(=O)NCc2cn(C(Cc3ccccc3)C(=O)N(c3ccc(Cl)cc3)C(C(=O)NC(C)(C)C)C(C)C)nn2)nnn1-c1ccc(C(=O)N(c2ccccc2)C(C(=O)NC2CCCCC2)c2ccccc2)cc1. The van der Waals surface area contributed by atoms with Crippen LogP contribution in [0.15, 0.2) is 146 Å². The number of rotatable bonds is 18. The quantitative estimate of drug-likeness (QED) is 0.0752. The van der Waals surface area contributed by atoms with Gasteiger partial charge >= 0.3 is 0 Å². The zero-order valence-corrected chi connectivity index (χ0v) is 43.9. The maximum atomic E-state index is 15.2. The van der Waals surface area contributed by atoms with Gasteiger partial charge in [-0.05, 0) is 118 Å². The Labute approximate surface area is 442 Å². The molecule has 3 atom stereocenters. The van der Waals surface area contributed by atoms with Crippen molar-refractivity contribution in [3.63, 3.8) is 0 Å². The number of halogens is 1. The number of nitrogens with zero attached hydrogens (tertiary/aromatic N) is 8. The van der Waals surface area contributed by atoms with Crippen LogP contribution in [0, 0.1) is 12.8 Å². The smallest absolute Gasteiger partial charge is 0.274 e. The molecule has 0 radical (unpaired) electrons. The average molecular weight is 1030 g/mol. The molecule has 2 aromatic heterocycles. The number of carbonyl (C=O) groups is 5. The minimum atomic E-state index is -0.954. The molecular formula is C58H64ClN11O5. The van der Waals surface area contributed by atoms with Gasteiger partial charge in [0, 0.05) is 40.0 Å². The van der Waals surface area contributed by atoms with Crippen molar-refractivity contribution in [2.75, 3.05) is 9.80 Å². The van der Waals surface area contributed by atoms with E-state index in [1.165, 1.54) is 14.3 Å². The molecule has 388 valence electrons. The van der Waals surface area contributed by atoms with E-state index in [2.05, 4.69) is 36.6 Å². The highest BCUT2D eigenvalue weighted by Gasteiger charge is 2.40. The molecule has 3 N–H and O–H groups in total. The predicted molar refractivity (Wildman–Crippen MR) is 289 cm³/mol. The molecule has 3 unspecified atom stereocenters. The van der Waals surface area contributed by atoms with E-state index < -0.39 is 35.5 Å². The van der Waals surface area contributed by atoms with Crippen LogP contribution in [-0.2, 0) is 27.3 Å². The van der Waals surface area contributed by atoms with Gasteiger partial charge in [-0.2, -0.15) is 0 Å². The Morgan fingerprint density at radius 2 is 1.33 bits per heavy atom. The fraction of sp³-hybridized carbons (Fsp3) is 0.328. The Hall–Kier alpha value is -7.98. The van der Waals surface area contributed by atoms with Crippen LogP contribution in [0.3, 0.4) is 0 Å². The maximum Gasteiger partial charge on any atom is 0.274 e. The van der Waals surface area contributed by atoms with Crippen molar-refractivity contribution in [2.24, 2.45) is 5.92 Å². The second-order valence-corrected chi connectivity index (χ2v) is 20.8. The Bertz CT molecular complexity index is 3060. The Balaban J connectivity index is 1.01. The van der Waals surface area contributed by atoms with E-state index in [1.807, 2.05) is 126 Å². The number of amides is 5. The number of carbonyl (C=O) groups excluding carboxylic acids is 5. The van der Waals surface area contributed by atoms with Crippen molar-refractivity contribution in [3.8, 4) is 5.69 Å². The molecule has 7 aromatic rings. The van der Waals surface area contributed by atoms with Gasteiger partial charge in [0.25, 0.3) is 17.7 Å². The van der Waals surface area contributed by atoms with Crippen molar-refractivity contribution in [2.45, 2.75) is 116 Å². The number of nitrogens with one attached hydrogen (secondary N) is 3. The number of hydrogen-bond acceptors (Lipinski definition) is 9. The summed E-state index contributed by atoms with van der Waals surface area (Å²) < 4.78 is 2.99. The summed E-state index contributed by atoms with van der Waals surface area (Å²) in [5, 5.41) is 27.0. The van der Waals surface area contributed by atoms with Gasteiger partial charge < -0.3 is 16.0 Å². The molecule has 8 rings (SSSR count). The van der Waals surface area contributed by atoms with E-state index in [-0.39, 0.29) is 48.3 Å². The summed E-state index contributed by atoms with van der Waals surface area (Å²) in [6, 6.07) is 38.9. The topological polar surface area (TPSA) is 189 Å². The highest BCUT2D eigenvalue weighted by atomic mass is 35.5. The van der Waals surface area contributed by atoms with Gasteiger partial charge in [0.2, 0.25) is 11.8 Å². The minimum Gasteiger partial charge on any atom is -0.351 e. The second-order valence-electron chi connectivity index (χ2n) is 20.3. The summed E-state index contributed by atoms with van der Waals surface area (Å²) >= 11 is 6.31. The number of para-hydroxylation sites is 1. The molecule has 1 aliphatic carbocycles. The molecule has 17 heteroatoms. The third kappa shape index (κ3) is 13.0. The third-order valence-electron chi connectivity index (χ3n) is 13.2. The number of anilines is 2. The molecule has 0 saturated heterocycles. The van der Waals surface area contributed by atoms with Gasteiger partial charge in [0.1, 0.15) is 23.8 Å². The van der Waals surface area contributed by atoms with Crippen molar-refractivity contribution in [1.29, 1.82) is 0 Å². The van der Waals surface area contributed by atoms with E-state index in [9.17, 15) is 19.2 Å². The second kappa shape index (κ2) is 23.9. The molecule has 75 heavy (non-hydrogen) atoms.